The second-order valence-corrected chi connectivity index (χ2v) is 3.96. The van der Waals surface area contributed by atoms with E-state index in [9.17, 15) is 4.39 Å². The number of rotatable bonds is 3. The molecule has 90 valence electrons. The summed E-state index contributed by atoms with van der Waals surface area (Å²) in [6, 6.07) is 8.98. The number of benzene rings is 1. The van der Waals surface area contributed by atoms with Crippen LogP contribution in [0.3, 0.4) is 0 Å². The third kappa shape index (κ3) is 2.67. The van der Waals surface area contributed by atoms with Crippen LogP contribution in [0.5, 0.6) is 0 Å². The minimum atomic E-state index is -0.411. The molecule has 2 rings (SSSR count). The van der Waals surface area contributed by atoms with Crippen molar-refractivity contribution in [2.24, 2.45) is 4.99 Å². The standard InChI is InChI=1S/C14H11FN2S/c1-2-10-3-5-11(6-4-10)14-13(15)7-12(8-16-14)17-9-18/h3-8H,2H2,1H3. The maximum atomic E-state index is 13.9. The predicted octanol–water partition coefficient (Wildman–Crippen LogP) is 4.18. The van der Waals surface area contributed by atoms with Crippen molar-refractivity contribution in [1.82, 2.24) is 4.98 Å². The van der Waals surface area contributed by atoms with Crippen molar-refractivity contribution in [2.45, 2.75) is 13.3 Å². The van der Waals surface area contributed by atoms with Gasteiger partial charge in [0.1, 0.15) is 5.69 Å². The zero-order valence-electron chi connectivity index (χ0n) is 9.85. The summed E-state index contributed by atoms with van der Waals surface area (Å²) in [7, 11) is 0. The molecule has 2 nitrogen and oxygen atoms in total. The monoisotopic (exact) mass is 258 g/mol. The van der Waals surface area contributed by atoms with Crippen molar-refractivity contribution < 1.29 is 4.39 Å². The van der Waals surface area contributed by atoms with Crippen molar-refractivity contribution in [3.8, 4) is 11.3 Å². The minimum Gasteiger partial charge on any atom is -0.251 e. The van der Waals surface area contributed by atoms with Crippen LogP contribution < -0.4 is 0 Å². The lowest BCUT2D eigenvalue weighted by Crippen LogP contribution is -1.89. The van der Waals surface area contributed by atoms with Crippen molar-refractivity contribution in [2.75, 3.05) is 0 Å². The highest BCUT2D eigenvalue weighted by molar-refractivity contribution is 7.78. The molecule has 1 heterocycles. The summed E-state index contributed by atoms with van der Waals surface area (Å²) >= 11 is 4.46. The molecular formula is C14H11FN2S. The van der Waals surface area contributed by atoms with Crippen molar-refractivity contribution in [1.29, 1.82) is 0 Å². The van der Waals surface area contributed by atoms with Gasteiger partial charge in [-0.15, -0.1) is 0 Å². The minimum absolute atomic E-state index is 0.320. The largest absolute Gasteiger partial charge is 0.251 e. The van der Waals surface area contributed by atoms with E-state index in [-0.39, 0.29) is 0 Å². The predicted molar refractivity (Wildman–Crippen MR) is 73.7 cm³/mol. The van der Waals surface area contributed by atoms with Gasteiger partial charge in [0.25, 0.3) is 0 Å². The summed E-state index contributed by atoms with van der Waals surface area (Å²) in [4.78, 5) is 7.76. The van der Waals surface area contributed by atoms with E-state index in [2.05, 4.69) is 34.3 Å². The van der Waals surface area contributed by atoms with E-state index in [4.69, 9.17) is 0 Å². The third-order valence-electron chi connectivity index (χ3n) is 2.64. The number of nitrogens with zero attached hydrogens (tertiary/aromatic N) is 2. The number of aliphatic imine (C=N–C) groups is 1. The molecule has 0 radical (unpaired) electrons. The first-order valence-electron chi connectivity index (χ1n) is 5.57. The summed E-state index contributed by atoms with van der Waals surface area (Å²) in [5, 5.41) is 2.19. The van der Waals surface area contributed by atoms with Gasteiger partial charge in [0, 0.05) is 11.6 Å². The lowest BCUT2D eigenvalue weighted by Gasteiger charge is -2.04. The Balaban J connectivity index is 2.40. The zero-order valence-corrected chi connectivity index (χ0v) is 10.7. The molecule has 0 saturated carbocycles. The fraction of sp³-hybridized carbons (Fsp3) is 0.143. The molecule has 4 heteroatoms. The molecule has 0 fully saturated rings. The van der Waals surface area contributed by atoms with E-state index in [1.54, 1.807) is 0 Å². The van der Waals surface area contributed by atoms with Gasteiger partial charge in [-0.05, 0) is 24.2 Å². The molecule has 1 aromatic carbocycles. The lowest BCUT2D eigenvalue weighted by atomic mass is 10.1. The summed E-state index contributed by atoms with van der Waals surface area (Å²) in [6.45, 7) is 2.08. The highest BCUT2D eigenvalue weighted by atomic mass is 32.1. The van der Waals surface area contributed by atoms with E-state index in [1.165, 1.54) is 17.8 Å². The number of aromatic nitrogens is 1. The van der Waals surface area contributed by atoms with Crippen LogP contribution in [-0.4, -0.2) is 10.1 Å². The smallest absolute Gasteiger partial charge is 0.151 e. The van der Waals surface area contributed by atoms with Crippen LogP contribution in [0.1, 0.15) is 12.5 Å². The average Bonchev–Trinajstić information content (AvgIpc) is 2.40. The fourth-order valence-electron chi connectivity index (χ4n) is 1.65. The molecule has 18 heavy (non-hydrogen) atoms. The van der Waals surface area contributed by atoms with Crippen LogP contribution >= 0.6 is 12.2 Å². The van der Waals surface area contributed by atoms with E-state index < -0.39 is 5.82 Å². The number of isothiocyanates is 1. The average molecular weight is 258 g/mol. The number of halogens is 1. The number of hydrogen-bond donors (Lipinski definition) is 0. The van der Waals surface area contributed by atoms with Crippen molar-refractivity contribution >= 4 is 23.1 Å². The topological polar surface area (TPSA) is 25.2 Å². The zero-order chi connectivity index (χ0) is 13.0. The maximum Gasteiger partial charge on any atom is 0.151 e. The molecule has 0 N–H and O–H groups in total. The second-order valence-electron chi connectivity index (χ2n) is 3.78. The first kappa shape index (κ1) is 12.6. The van der Waals surface area contributed by atoms with Gasteiger partial charge in [0.05, 0.1) is 17.0 Å². The van der Waals surface area contributed by atoms with Crippen LogP contribution in [-0.2, 0) is 6.42 Å². The molecule has 0 unspecified atom stereocenters. The highest BCUT2D eigenvalue weighted by Crippen LogP contribution is 2.23. The SMILES string of the molecule is CCc1ccc(-c2ncc(N=C=S)cc2F)cc1. The summed E-state index contributed by atoms with van der Waals surface area (Å²) in [6.07, 6.45) is 2.43. The molecule has 2 aromatic rings. The van der Waals surface area contributed by atoms with Gasteiger partial charge < -0.3 is 0 Å². The van der Waals surface area contributed by atoms with E-state index in [0.717, 1.165) is 12.0 Å². The van der Waals surface area contributed by atoms with Crippen molar-refractivity contribution in [3.05, 3.63) is 47.9 Å². The molecule has 0 aliphatic rings. The first-order valence-corrected chi connectivity index (χ1v) is 5.98. The van der Waals surface area contributed by atoms with Gasteiger partial charge in [-0.1, -0.05) is 31.2 Å². The Kier molecular flexibility index (Phi) is 3.92. The maximum absolute atomic E-state index is 13.9. The van der Waals surface area contributed by atoms with Crippen LogP contribution in [0.25, 0.3) is 11.3 Å². The highest BCUT2D eigenvalue weighted by Gasteiger charge is 2.07. The van der Waals surface area contributed by atoms with E-state index in [0.29, 0.717) is 11.4 Å². The fourth-order valence-corrected chi connectivity index (χ4v) is 1.76. The Bertz CT molecular complexity index is 602. The summed E-state index contributed by atoms with van der Waals surface area (Å²) in [5.74, 6) is -0.411. The third-order valence-corrected chi connectivity index (χ3v) is 2.73. The molecule has 0 saturated heterocycles. The molecule has 0 atom stereocenters. The van der Waals surface area contributed by atoms with Crippen LogP contribution in [0, 0.1) is 5.82 Å². The molecule has 1 aromatic heterocycles. The van der Waals surface area contributed by atoms with Crippen LogP contribution in [0.2, 0.25) is 0 Å². The van der Waals surface area contributed by atoms with Gasteiger partial charge >= 0.3 is 0 Å². The number of thiocarbonyl (C=S) groups is 1. The normalized spacial score (nSPS) is 9.89. The molecule has 0 aliphatic carbocycles. The van der Waals surface area contributed by atoms with Crippen LogP contribution in [0.15, 0.2) is 41.5 Å². The summed E-state index contributed by atoms with van der Waals surface area (Å²) in [5.41, 5.74) is 2.65. The van der Waals surface area contributed by atoms with Gasteiger partial charge in [-0.25, -0.2) is 4.39 Å². The second kappa shape index (κ2) is 5.63. The Morgan fingerprint density at radius 3 is 2.61 bits per heavy atom. The lowest BCUT2D eigenvalue weighted by molar-refractivity contribution is 0.626. The number of aryl methyl sites for hydroxylation is 1. The number of pyridine rings is 1. The molecular weight excluding hydrogens is 247 g/mol. The van der Waals surface area contributed by atoms with Gasteiger partial charge in [-0.3, -0.25) is 4.98 Å². The van der Waals surface area contributed by atoms with Crippen LogP contribution in [0.4, 0.5) is 10.1 Å². The van der Waals surface area contributed by atoms with E-state index >= 15 is 0 Å². The van der Waals surface area contributed by atoms with Gasteiger partial charge in [-0.2, -0.15) is 4.99 Å². The Morgan fingerprint density at radius 2 is 2.06 bits per heavy atom. The van der Waals surface area contributed by atoms with Gasteiger partial charge in [0.2, 0.25) is 0 Å². The van der Waals surface area contributed by atoms with E-state index in [1.807, 2.05) is 24.3 Å². The Hall–Kier alpha value is -1.90. The molecule has 0 bridgehead atoms. The summed E-state index contributed by atoms with van der Waals surface area (Å²) < 4.78 is 13.9. The molecule has 0 amide bonds. The Labute approximate surface area is 110 Å². The molecule has 0 spiro atoms. The molecule has 0 aliphatic heterocycles. The number of hydrogen-bond acceptors (Lipinski definition) is 3. The quantitative estimate of drug-likeness (QED) is 0.609. The Morgan fingerprint density at radius 1 is 1.33 bits per heavy atom. The van der Waals surface area contributed by atoms with Crippen molar-refractivity contribution in [3.63, 3.8) is 0 Å². The first-order chi connectivity index (χ1) is 8.74. The van der Waals surface area contributed by atoms with Gasteiger partial charge in [0.15, 0.2) is 5.82 Å².